The smallest absolute Gasteiger partial charge is 0.233 e. The Morgan fingerprint density at radius 3 is 2.37 bits per heavy atom. The van der Waals surface area contributed by atoms with Crippen LogP contribution < -0.4 is 4.74 Å². The molecule has 0 atom stereocenters. The van der Waals surface area contributed by atoms with Gasteiger partial charge in [-0.15, -0.1) is 10.2 Å². The third-order valence-electron chi connectivity index (χ3n) is 3.42. The first-order valence-electron chi connectivity index (χ1n) is 6.48. The molecule has 19 heavy (non-hydrogen) atoms. The molecule has 1 aromatic heterocycles. The number of halogens is 1. The van der Waals surface area contributed by atoms with Gasteiger partial charge in [-0.1, -0.05) is 32.4 Å². The van der Waals surface area contributed by atoms with E-state index in [0.717, 1.165) is 13.0 Å². The van der Waals surface area contributed by atoms with Crippen LogP contribution in [-0.2, 0) is 4.43 Å². The van der Waals surface area contributed by atoms with Crippen LogP contribution in [-0.4, -0.2) is 31.7 Å². The second-order valence-electron chi connectivity index (χ2n) is 6.01. The van der Waals surface area contributed by atoms with Crippen molar-refractivity contribution in [2.24, 2.45) is 0 Å². The minimum atomic E-state index is -1.64. The zero-order valence-electron chi connectivity index (χ0n) is 12.4. The lowest BCUT2D eigenvalue weighted by Gasteiger charge is -2.36. The number of hydrogen-bond acceptors (Lipinski definition) is 4. The molecule has 0 aliphatic heterocycles. The fraction of sp³-hybridized carbons (Fsp3) is 0.692. The maximum absolute atomic E-state index is 6.05. The van der Waals surface area contributed by atoms with Crippen molar-refractivity contribution < 1.29 is 9.16 Å². The van der Waals surface area contributed by atoms with Gasteiger partial charge in [0, 0.05) is 19.1 Å². The van der Waals surface area contributed by atoms with Crippen LogP contribution in [0.3, 0.4) is 0 Å². The molecule has 6 heteroatoms. The van der Waals surface area contributed by atoms with E-state index in [1.165, 1.54) is 0 Å². The monoisotopic (exact) mass is 302 g/mol. The van der Waals surface area contributed by atoms with Crippen LogP contribution in [0.1, 0.15) is 27.2 Å². The van der Waals surface area contributed by atoms with E-state index in [0.29, 0.717) is 17.6 Å². The average molecular weight is 303 g/mol. The molecule has 1 heterocycles. The first-order valence-corrected chi connectivity index (χ1v) is 9.77. The molecule has 0 aliphatic rings. The van der Waals surface area contributed by atoms with Crippen LogP contribution in [0.5, 0.6) is 5.88 Å². The maximum Gasteiger partial charge on any atom is 0.233 e. The predicted molar refractivity (Wildman–Crippen MR) is 80.3 cm³/mol. The van der Waals surface area contributed by atoms with Crippen LogP contribution >= 0.6 is 11.6 Å². The van der Waals surface area contributed by atoms with Crippen molar-refractivity contribution in [1.82, 2.24) is 10.2 Å². The minimum Gasteiger partial charge on any atom is -0.477 e. The fourth-order valence-corrected chi connectivity index (χ4v) is 2.35. The summed E-state index contributed by atoms with van der Waals surface area (Å²) in [4.78, 5) is 0. The SMILES string of the molecule is CC(C)(C)[Si](C)(C)OCCCOc1ccc(Cl)nn1. The van der Waals surface area contributed by atoms with Crippen LogP contribution in [0.25, 0.3) is 0 Å². The van der Waals surface area contributed by atoms with Crippen molar-refractivity contribution in [3.05, 3.63) is 17.3 Å². The zero-order valence-corrected chi connectivity index (χ0v) is 14.1. The minimum absolute atomic E-state index is 0.246. The number of rotatable bonds is 6. The lowest BCUT2D eigenvalue weighted by atomic mass is 10.2. The van der Waals surface area contributed by atoms with Crippen molar-refractivity contribution in [2.75, 3.05) is 13.2 Å². The third-order valence-corrected chi connectivity index (χ3v) is 8.16. The number of hydrogen-bond donors (Lipinski definition) is 0. The van der Waals surface area contributed by atoms with Crippen molar-refractivity contribution in [3.8, 4) is 5.88 Å². The van der Waals surface area contributed by atoms with Gasteiger partial charge in [-0.2, -0.15) is 0 Å². The Morgan fingerprint density at radius 2 is 1.84 bits per heavy atom. The molecule has 0 saturated carbocycles. The molecule has 0 radical (unpaired) electrons. The van der Waals surface area contributed by atoms with E-state index in [1.807, 2.05) is 0 Å². The Morgan fingerprint density at radius 1 is 1.16 bits per heavy atom. The maximum atomic E-state index is 6.05. The van der Waals surface area contributed by atoms with Gasteiger partial charge in [-0.25, -0.2) is 0 Å². The molecule has 1 aromatic rings. The summed E-state index contributed by atoms with van der Waals surface area (Å²) in [5.74, 6) is 0.497. The fourth-order valence-electron chi connectivity index (χ4n) is 1.16. The first-order chi connectivity index (χ1) is 8.72. The highest BCUT2D eigenvalue weighted by molar-refractivity contribution is 6.74. The summed E-state index contributed by atoms with van der Waals surface area (Å²) >= 11 is 5.64. The van der Waals surface area contributed by atoms with Crippen LogP contribution in [0.2, 0.25) is 23.3 Å². The largest absolute Gasteiger partial charge is 0.477 e. The van der Waals surface area contributed by atoms with Crippen molar-refractivity contribution >= 4 is 19.9 Å². The molecule has 0 saturated heterocycles. The second kappa shape index (κ2) is 6.68. The van der Waals surface area contributed by atoms with Crippen LogP contribution in [0.15, 0.2) is 12.1 Å². The van der Waals surface area contributed by atoms with E-state index in [1.54, 1.807) is 12.1 Å². The Kier molecular flexibility index (Phi) is 5.76. The van der Waals surface area contributed by atoms with Gasteiger partial charge in [0.05, 0.1) is 6.61 Å². The molecular weight excluding hydrogens is 280 g/mol. The molecule has 0 aliphatic carbocycles. The standard InChI is InChI=1S/C13H23ClN2O2Si/c1-13(2,3)19(4,5)18-10-6-9-17-12-8-7-11(14)15-16-12/h7-8H,6,9-10H2,1-5H3. The van der Waals surface area contributed by atoms with Gasteiger partial charge in [0.2, 0.25) is 5.88 Å². The summed E-state index contributed by atoms with van der Waals surface area (Å²) in [6, 6.07) is 3.38. The molecule has 1 rings (SSSR count). The molecule has 108 valence electrons. The Bertz CT molecular complexity index is 391. The highest BCUT2D eigenvalue weighted by Crippen LogP contribution is 2.36. The second-order valence-corrected chi connectivity index (χ2v) is 11.2. The van der Waals surface area contributed by atoms with Crippen LogP contribution in [0, 0.1) is 0 Å². The molecular formula is C13H23ClN2O2Si. The Balaban J connectivity index is 2.23. The molecule has 0 amide bonds. The summed E-state index contributed by atoms with van der Waals surface area (Å²) in [7, 11) is -1.64. The summed E-state index contributed by atoms with van der Waals surface area (Å²) in [6.45, 7) is 12.5. The summed E-state index contributed by atoms with van der Waals surface area (Å²) in [5.41, 5.74) is 0. The summed E-state index contributed by atoms with van der Waals surface area (Å²) in [5, 5.41) is 8.16. The van der Waals surface area contributed by atoms with Gasteiger partial charge in [-0.3, -0.25) is 0 Å². The third kappa shape index (κ3) is 5.46. The van der Waals surface area contributed by atoms with Gasteiger partial charge < -0.3 is 9.16 Å². The quantitative estimate of drug-likeness (QED) is 0.590. The molecule has 0 unspecified atom stereocenters. The molecule has 0 spiro atoms. The van der Waals surface area contributed by atoms with Gasteiger partial charge in [0.15, 0.2) is 13.5 Å². The molecule has 0 aromatic carbocycles. The van der Waals surface area contributed by atoms with Crippen molar-refractivity contribution in [2.45, 2.75) is 45.3 Å². The normalized spacial score (nSPS) is 12.5. The van der Waals surface area contributed by atoms with Gasteiger partial charge in [-0.05, 0) is 24.2 Å². The van der Waals surface area contributed by atoms with E-state index in [-0.39, 0.29) is 5.04 Å². The van der Waals surface area contributed by atoms with Crippen molar-refractivity contribution in [3.63, 3.8) is 0 Å². The predicted octanol–water partition coefficient (Wildman–Crippen LogP) is 3.92. The highest BCUT2D eigenvalue weighted by atomic mass is 35.5. The average Bonchev–Trinajstić information content (AvgIpc) is 2.29. The molecule has 4 nitrogen and oxygen atoms in total. The number of nitrogens with zero attached hydrogens (tertiary/aromatic N) is 2. The Hall–Kier alpha value is -0.653. The summed E-state index contributed by atoms with van der Waals surface area (Å²) < 4.78 is 11.5. The zero-order chi connectivity index (χ0) is 14.5. The van der Waals surface area contributed by atoms with Gasteiger partial charge in [0.1, 0.15) is 0 Å². The Labute approximate surface area is 121 Å². The highest BCUT2D eigenvalue weighted by Gasteiger charge is 2.36. The van der Waals surface area contributed by atoms with E-state index < -0.39 is 8.32 Å². The molecule has 0 fully saturated rings. The van der Waals surface area contributed by atoms with Gasteiger partial charge in [0.25, 0.3) is 0 Å². The van der Waals surface area contributed by atoms with E-state index >= 15 is 0 Å². The van der Waals surface area contributed by atoms with Gasteiger partial charge >= 0.3 is 0 Å². The lowest BCUT2D eigenvalue weighted by molar-refractivity contribution is 0.228. The number of ether oxygens (including phenoxy) is 1. The molecule has 0 bridgehead atoms. The first kappa shape index (κ1) is 16.4. The van der Waals surface area contributed by atoms with Crippen LogP contribution in [0.4, 0.5) is 0 Å². The summed E-state index contributed by atoms with van der Waals surface area (Å²) in [6.07, 6.45) is 0.844. The van der Waals surface area contributed by atoms with E-state index in [4.69, 9.17) is 20.8 Å². The van der Waals surface area contributed by atoms with Crippen molar-refractivity contribution in [1.29, 1.82) is 0 Å². The van der Waals surface area contributed by atoms with E-state index in [2.05, 4.69) is 44.1 Å². The van der Waals surface area contributed by atoms with E-state index in [9.17, 15) is 0 Å². The molecule has 0 N–H and O–H groups in total. The lowest BCUT2D eigenvalue weighted by Crippen LogP contribution is -2.41. The number of aromatic nitrogens is 2. The topological polar surface area (TPSA) is 44.2 Å².